The number of benzene rings is 1. The summed E-state index contributed by atoms with van der Waals surface area (Å²) in [6.07, 6.45) is 0.828. The molecule has 1 amide bonds. The fourth-order valence-corrected chi connectivity index (χ4v) is 4.19. The van der Waals surface area contributed by atoms with E-state index in [1.165, 1.54) is 17.3 Å². The SMILES string of the molecule is CCc1cc(N(C)Cc2ccccc2)nc(SCc2ccc(C(=O)NN3CCOCC3)o2)n1. The number of amides is 1. The molecule has 0 radical (unpaired) electrons. The maximum atomic E-state index is 12.4. The van der Waals surface area contributed by atoms with Gasteiger partial charge >= 0.3 is 5.91 Å². The number of hydrogen-bond donors (Lipinski definition) is 1. The van der Waals surface area contributed by atoms with Crippen molar-refractivity contribution in [3.05, 3.63) is 71.3 Å². The van der Waals surface area contributed by atoms with Crippen molar-refractivity contribution in [2.45, 2.75) is 30.8 Å². The summed E-state index contributed by atoms with van der Waals surface area (Å²) in [7, 11) is 2.04. The minimum atomic E-state index is -0.248. The Balaban J connectivity index is 1.37. The second kappa shape index (κ2) is 11.3. The number of nitrogens with zero attached hydrogens (tertiary/aromatic N) is 4. The highest BCUT2D eigenvalue weighted by atomic mass is 32.2. The normalized spacial score (nSPS) is 14.2. The van der Waals surface area contributed by atoms with Gasteiger partial charge in [0.15, 0.2) is 10.9 Å². The number of hydrogen-bond acceptors (Lipinski definition) is 8. The summed E-state index contributed by atoms with van der Waals surface area (Å²) in [4.78, 5) is 24.0. The highest BCUT2D eigenvalue weighted by molar-refractivity contribution is 7.98. The Morgan fingerprint density at radius 2 is 1.94 bits per heavy atom. The number of ether oxygens (including phenoxy) is 1. The monoisotopic (exact) mass is 467 g/mol. The van der Waals surface area contributed by atoms with Crippen molar-refractivity contribution in [3.63, 3.8) is 0 Å². The van der Waals surface area contributed by atoms with Crippen LogP contribution in [-0.2, 0) is 23.5 Å². The van der Waals surface area contributed by atoms with Gasteiger partial charge in [-0.3, -0.25) is 10.2 Å². The largest absolute Gasteiger partial charge is 0.455 e. The molecule has 1 saturated heterocycles. The van der Waals surface area contributed by atoms with Gasteiger partial charge in [-0.2, -0.15) is 0 Å². The summed E-state index contributed by atoms with van der Waals surface area (Å²) < 4.78 is 11.1. The van der Waals surface area contributed by atoms with E-state index in [0.717, 1.165) is 24.5 Å². The number of aryl methyl sites for hydroxylation is 1. The summed E-state index contributed by atoms with van der Waals surface area (Å²) in [5.74, 6) is 2.18. The number of anilines is 1. The molecule has 3 heterocycles. The summed E-state index contributed by atoms with van der Waals surface area (Å²) in [6, 6.07) is 15.9. The van der Waals surface area contributed by atoms with Gasteiger partial charge in [0.05, 0.1) is 19.0 Å². The van der Waals surface area contributed by atoms with Crippen LogP contribution in [0.1, 0.15) is 34.5 Å². The van der Waals surface area contributed by atoms with Crippen molar-refractivity contribution in [1.29, 1.82) is 0 Å². The topological polar surface area (TPSA) is 83.7 Å². The zero-order chi connectivity index (χ0) is 23.0. The summed E-state index contributed by atoms with van der Waals surface area (Å²) in [6.45, 7) is 5.41. The van der Waals surface area contributed by atoms with Crippen molar-refractivity contribution < 1.29 is 13.9 Å². The summed E-state index contributed by atoms with van der Waals surface area (Å²) in [5, 5.41) is 2.54. The molecule has 0 saturated carbocycles. The minimum Gasteiger partial charge on any atom is -0.455 e. The van der Waals surface area contributed by atoms with E-state index in [-0.39, 0.29) is 5.91 Å². The molecule has 1 aliphatic heterocycles. The standard InChI is InChI=1S/C24H29N5O3S/c1-3-19-15-22(28(2)16-18-7-5-4-6-8-18)26-24(25-19)33-17-20-9-10-21(32-20)23(30)27-29-11-13-31-14-12-29/h4-10,15H,3,11-14,16-17H2,1-2H3,(H,27,30). The van der Waals surface area contributed by atoms with Crippen LogP contribution in [0.15, 0.2) is 58.1 Å². The van der Waals surface area contributed by atoms with Gasteiger partial charge in [-0.25, -0.2) is 15.0 Å². The molecule has 4 rings (SSSR count). The number of aromatic nitrogens is 2. The van der Waals surface area contributed by atoms with E-state index in [9.17, 15) is 4.79 Å². The third-order valence-electron chi connectivity index (χ3n) is 5.26. The van der Waals surface area contributed by atoms with Crippen LogP contribution >= 0.6 is 11.8 Å². The van der Waals surface area contributed by atoms with E-state index in [0.29, 0.717) is 48.7 Å². The lowest BCUT2D eigenvalue weighted by molar-refractivity contribution is 0.0117. The number of morpholine rings is 1. The fourth-order valence-electron chi connectivity index (χ4n) is 3.43. The van der Waals surface area contributed by atoms with Crippen LogP contribution in [0.3, 0.4) is 0 Å². The highest BCUT2D eigenvalue weighted by Gasteiger charge is 2.17. The van der Waals surface area contributed by atoms with Crippen LogP contribution in [0.25, 0.3) is 0 Å². The zero-order valence-corrected chi connectivity index (χ0v) is 19.8. The smallest absolute Gasteiger partial charge is 0.301 e. The van der Waals surface area contributed by atoms with Gasteiger partial charge in [-0.15, -0.1) is 0 Å². The van der Waals surface area contributed by atoms with Gasteiger partial charge in [-0.1, -0.05) is 49.0 Å². The van der Waals surface area contributed by atoms with Gasteiger partial charge in [0.25, 0.3) is 0 Å². The lowest BCUT2D eigenvalue weighted by Gasteiger charge is -2.26. The van der Waals surface area contributed by atoms with Crippen molar-refractivity contribution in [2.24, 2.45) is 0 Å². The van der Waals surface area contributed by atoms with Crippen molar-refractivity contribution in [1.82, 2.24) is 20.4 Å². The van der Waals surface area contributed by atoms with Crippen LogP contribution in [0.2, 0.25) is 0 Å². The average Bonchev–Trinajstić information content (AvgIpc) is 3.33. The Bertz CT molecular complexity index is 1050. The number of carbonyl (C=O) groups is 1. The van der Waals surface area contributed by atoms with E-state index < -0.39 is 0 Å². The number of furan rings is 1. The summed E-state index contributed by atoms with van der Waals surface area (Å²) >= 11 is 1.50. The van der Waals surface area contributed by atoms with E-state index >= 15 is 0 Å². The average molecular weight is 468 g/mol. The molecule has 0 atom stereocenters. The number of carbonyl (C=O) groups excluding carboxylic acids is 1. The molecule has 2 aromatic heterocycles. The highest BCUT2D eigenvalue weighted by Crippen LogP contribution is 2.24. The van der Waals surface area contributed by atoms with E-state index in [1.54, 1.807) is 6.07 Å². The third kappa shape index (κ3) is 6.56. The van der Waals surface area contributed by atoms with Gasteiger partial charge in [-0.05, 0) is 24.1 Å². The first-order valence-electron chi connectivity index (χ1n) is 11.1. The third-order valence-corrected chi connectivity index (χ3v) is 6.13. The van der Waals surface area contributed by atoms with E-state index in [4.69, 9.17) is 14.1 Å². The first-order valence-corrected chi connectivity index (χ1v) is 12.1. The first-order chi connectivity index (χ1) is 16.1. The lowest BCUT2D eigenvalue weighted by Crippen LogP contribution is -2.48. The quantitative estimate of drug-likeness (QED) is 0.378. The number of hydrazine groups is 1. The Kier molecular flexibility index (Phi) is 7.98. The zero-order valence-electron chi connectivity index (χ0n) is 19.0. The van der Waals surface area contributed by atoms with Crippen LogP contribution in [0.5, 0.6) is 0 Å². The van der Waals surface area contributed by atoms with Crippen LogP contribution in [-0.4, -0.2) is 54.2 Å². The van der Waals surface area contributed by atoms with E-state index in [2.05, 4.69) is 34.4 Å². The Labute approximate surface area is 198 Å². The molecule has 1 aliphatic rings. The molecule has 33 heavy (non-hydrogen) atoms. The number of rotatable bonds is 9. The number of nitrogens with one attached hydrogen (secondary N) is 1. The van der Waals surface area contributed by atoms with Crippen LogP contribution in [0.4, 0.5) is 5.82 Å². The molecule has 3 aromatic rings. The predicted molar refractivity (Wildman–Crippen MR) is 128 cm³/mol. The second-order valence-electron chi connectivity index (χ2n) is 7.79. The first kappa shape index (κ1) is 23.3. The fraction of sp³-hybridized carbons (Fsp3) is 0.375. The van der Waals surface area contributed by atoms with Gasteiger partial charge in [0.1, 0.15) is 11.6 Å². The molecule has 174 valence electrons. The van der Waals surface area contributed by atoms with Crippen molar-refractivity contribution in [3.8, 4) is 0 Å². The molecule has 1 aromatic carbocycles. The molecule has 1 N–H and O–H groups in total. The molecule has 0 spiro atoms. The van der Waals surface area contributed by atoms with Gasteiger partial charge in [0.2, 0.25) is 0 Å². The lowest BCUT2D eigenvalue weighted by atomic mass is 10.2. The molecule has 0 bridgehead atoms. The Morgan fingerprint density at radius 1 is 1.15 bits per heavy atom. The molecule has 0 unspecified atom stereocenters. The molecule has 8 nitrogen and oxygen atoms in total. The molecule has 9 heteroatoms. The van der Waals surface area contributed by atoms with Gasteiger partial charge in [0, 0.05) is 38.4 Å². The van der Waals surface area contributed by atoms with E-state index in [1.807, 2.05) is 42.4 Å². The second-order valence-corrected chi connectivity index (χ2v) is 8.73. The molecular formula is C24H29N5O3S. The predicted octanol–water partition coefficient (Wildman–Crippen LogP) is 3.54. The van der Waals surface area contributed by atoms with Crippen LogP contribution in [0, 0.1) is 0 Å². The maximum absolute atomic E-state index is 12.4. The molecule has 0 aliphatic carbocycles. The Morgan fingerprint density at radius 3 is 2.70 bits per heavy atom. The van der Waals surface area contributed by atoms with Crippen molar-refractivity contribution >= 4 is 23.5 Å². The number of thioether (sulfide) groups is 1. The minimum absolute atomic E-state index is 0.248. The summed E-state index contributed by atoms with van der Waals surface area (Å²) in [5.41, 5.74) is 5.08. The molecular weight excluding hydrogens is 438 g/mol. The van der Waals surface area contributed by atoms with Crippen molar-refractivity contribution in [2.75, 3.05) is 38.3 Å². The molecule has 1 fully saturated rings. The van der Waals surface area contributed by atoms with Crippen LogP contribution < -0.4 is 10.3 Å². The maximum Gasteiger partial charge on any atom is 0.301 e. The van der Waals surface area contributed by atoms with Gasteiger partial charge < -0.3 is 14.1 Å². The Hall–Kier alpha value is -2.88.